The second-order valence-electron chi connectivity index (χ2n) is 4.81. The first-order valence-electron chi connectivity index (χ1n) is 7.02. The average molecular weight is 305 g/mol. The molecule has 0 fully saturated rings. The van der Waals surface area contributed by atoms with E-state index >= 15 is 0 Å². The standard InChI is InChI=1S/C17H21ClN2O/c1-4-19-12-13-5-6-14(18)11-17(13)20(2)15-7-9-16(21-3)10-8-15/h5-11,19H,4,12H2,1-3H3. The van der Waals surface area contributed by atoms with Gasteiger partial charge in [-0.05, 0) is 48.5 Å². The molecule has 0 aliphatic rings. The van der Waals surface area contributed by atoms with Crippen molar-refractivity contribution in [3.05, 3.63) is 53.1 Å². The minimum Gasteiger partial charge on any atom is -0.497 e. The van der Waals surface area contributed by atoms with Gasteiger partial charge in [0.2, 0.25) is 0 Å². The monoisotopic (exact) mass is 304 g/mol. The molecule has 4 heteroatoms. The Morgan fingerprint density at radius 2 is 1.86 bits per heavy atom. The molecule has 0 aliphatic carbocycles. The summed E-state index contributed by atoms with van der Waals surface area (Å²) in [6.45, 7) is 3.86. The molecule has 21 heavy (non-hydrogen) atoms. The first-order valence-corrected chi connectivity index (χ1v) is 7.40. The van der Waals surface area contributed by atoms with Crippen molar-refractivity contribution in [3.63, 3.8) is 0 Å². The number of nitrogens with one attached hydrogen (secondary N) is 1. The molecule has 0 saturated heterocycles. The Morgan fingerprint density at radius 1 is 1.14 bits per heavy atom. The van der Waals surface area contributed by atoms with Crippen molar-refractivity contribution in [1.29, 1.82) is 0 Å². The third kappa shape index (κ3) is 3.90. The van der Waals surface area contributed by atoms with Crippen LogP contribution in [-0.4, -0.2) is 20.7 Å². The molecule has 0 unspecified atom stereocenters. The summed E-state index contributed by atoms with van der Waals surface area (Å²) in [6, 6.07) is 14.0. The molecule has 2 aromatic carbocycles. The number of methoxy groups -OCH3 is 1. The third-order valence-corrected chi connectivity index (χ3v) is 3.67. The van der Waals surface area contributed by atoms with Gasteiger partial charge in [-0.15, -0.1) is 0 Å². The molecular formula is C17H21ClN2O. The Labute approximate surface area is 131 Å². The van der Waals surface area contributed by atoms with Crippen LogP contribution in [0.5, 0.6) is 5.75 Å². The highest BCUT2D eigenvalue weighted by Gasteiger charge is 2.10. The number of hydrogen-bond donors (Lipinski definition) is 1. The number of hydrogen-bond acceptors (Lipinski definition) is 3. The molecule has 3 nitrogen and oxygen atoms in total. The Bertz CT molecular complexity index is 584. The van der Waals surface area contributed by atoms with Crippen molar-refractivity contribution in [3.8, 4) is 5.75 Å². The van der Waals surface area contributed by atoms with Crippen LogP contribution in [0, 0.1) is 0 Å². The van der Waals surface area contributed by atoms with Gasteiger partial charge < -0.3 is 15.0 Å². The molecular weight excluding hydrogens is 284 g/mol. The van der Waals surface area contributed by atoms with Gasteiger partial charge in [0.05, 0.1) is 7.11 Å². The molecule has 1 N–H and O–H groups in total. The van der Waals surface area contributed by atoms with Gasteiger partial charge in [-0.2, -0.15) is 0 Å². The summed E-state index contributed by atoms with van der Waals surface area (Å²) in [5.74, 6) is 0.853. The van der Waals surface area contributed by atoms with E-state index in [0.29, 0.717) is 0 Å². The molecule has 0 heterocycles. The minimum atomic E-state index is 0.741. The largest absolute Gasteiger partial charge is 0.497 e. The number of rotatable bonds is 6. The summed E-state index contributed by atoms with van der Waals surface area (Å²) in [7, 11) is 3.72. The van der Waals surface area contributed by atoms with E-state index in [1.165, 1.54) is 5.56 Å². The zero-order valence-corrected chi connectivity index (χ0v) is 13.4. The van der Waals surface area contributed by atoms with Crippen LogP contribution < -0.4 is 15.0 Å². The first-order chi connectivity index (χ1) is 10.2. The van der Waals surface area contributed by atoms with Crippen LogP contribution >= 0.6 is 11.6 Å². The summed E-state index contributed by atoms with van der Waals surface area (Å²) in [4.78, 5) is 2.14. The minimum absolute atomic E-state index is 0.741. The number of ether oxygens (including phenoxy) is 1. The van der Waals surface area contributed by atoms with E-state index in [1.807, 2.05) is 43.4 Å². The zero-order chi connectivity index (χ0) is 15.2. The van der Waals surface area contributed by atoms with E-state index in [2.05, 4.69) is 23.2 Å². The van der Waals surface area contributed by atoms with Crippen molar-refractivity contribution in [2.45, 2.75) is 13.5 Å². The molecule has 2 aromatic rings. The van der Waals surface area contributed by atoms with Crippen molar-refractivity contribution >= 4 is 23.0 Å². The Morgan fingerprint density at radius 3 is 2.48 bits per heavy atom. The van der Waals surface area contributed by atoms with E-state index in [-0.39, 0.29) is 0 Å². The summed E-state index contributed by atoms with van der Waals surface area (Å²) in [5.41, 5.74) is 3.42. The van der Waals surface area contributed by atoms with E-state index in [9.17, 15) is 0 Å². The second-order valence-corrected chi connectivity index (χ2v) is 5.25. The summed E-state index contributed by atoms with van der Waals surface area (Å²) < 4.78 is 5.20. The topological polar surface area (TPSA) is 24.5 Å². The van der Waals surface area contributed by atoms with Gasteiger partial charge >= 0.3 is 0 Å². The lowest BCUT2D eigenvalue weighted by Gasteiger charge is -2.23. The molecule has 0 saturated carbocycles. The van der Waals surface area contributed by atoms with Crippen LogP contribution in [0.15, 0.2) is 42.5 Å². The van der Waals surface area contributed by atoms with E-state index in [4.69, 9.17) is 16.3 Å². The van der Waals surface area contributed by atoms with Crippen molar-refractivity contribution in [2.75, 3.05) is 25.6 Å². The lowest BCUT2D eigenvalue weighted by Crippen LogP contribution is -2.17. The molecule has 112 valence electrons. The molecule has 0 bridgehead atoms. The molecule has 0 atom stereocenters. The number of halogens is 1. The summed E-state index contributed by atoms with van der Waals surface area (Å²) >= 11 is 6.16. The summed E-state index contributed by atoms with van der Waals surface area (Å²) in [6.07, 6.45) is 0. The van der Waals surface area contributed by atoms with Gasteiger partial charge in [0.1, 0.15) is 5.75 Å². The number of anilines is 2. The van der Waals surface area contributed by atoms with Crippen molar-refractivity contribution < 1.29 is 4.74 Å². The van der Waals surface area contributed by atoms with E-state index in [1.54, 1.807) is 7.11 Å². The smallest absolute Gasteiger partial charge is 0.119 e. The predicted octanol–water partition coefficient (Wildman–Crippen LogP) is 4.23. The number of nitrogens with zero attached hydrogens (tertiary/aromatic N) is 1. The fourth-order valence-corrected chi connectivity index (χ4v) is 2.37. The van der Waals surface area contributed by atoms with Gasteiger partial charge in [0, 0.05) is 30.0 Å². The van der Waals surface area contributed by atoms with Crippen molar-refractivity contribution in [1.82, 2.24) is 5.32 Å². The van der Waals surface area contributed by atoms with Crippen LogP contribution in [0.3, 0.4) is 0 Å². The first kappa shape index (κ1) is 15.7. The molecule has 0 radical (unpaired) electrons. The highest BCUT2D eigenvalue weighted by atomic mass is 35.5. The molecule has 2 rings (SSSR count). The van der Waals surface area contributed by atoms with Crippen LogP contribution in [0.25, 0.3) is 0 Å². The van der Waals surface area contributed by atoms with E-state index in [0.717, 1.165) is 35.2 Å². The fraction of sp³-hybridized carbons (Fsp3) is 0.294. The predicted molar refractivity (Wildman–Crippen MR) is 89.9 cm³/mol. The van der Waals surface area contributed by atoms with Crippen LogP contribution in [0.2, 0.25) is 5.02 Å². The highest BCUT2D eigenvalue weighted by Crippen LogP contribution is 2.30. The second kappa shape index (κ2) is 7.34. The van der Waals surface area contributed by atoms with Crippen LogP contribution in [0.4, 0.5) is 11.4 Å². The SMILES string of the molecule is CCNCc1ccc(Cl)cc1N(C)c1ccc(OC)cc1. The normalized spacial score (nSPS) is 10.5. The van der Waals surface area contributed by atoms with Crippen LogP contribution in [-0.2, 0) is 6.54 Å². The lowest BCUT2D eigenvalue weighted by molar-refractivity contribution is 0.415. The van der Waals surface area contributed by atoms with Crippen LogP contribution in [0.1, 0.15) is 12.5 Å². The lowest BCUT2D eigenvalue weighted by atomic mass is 10.1. The average Bonchev–Trinajstić information content (AvgIpc) is 2.53. The Kier molecular flexibility index (Phi) is 5.48. The highest BCUT2D eigenvalue weighted by molar-refractivity contribution is 6.30. The zero-order valence-electron chi connectivity index (χ0n) is 12.7. The maximum absolute atomic E-state index is 6.16. The number of benzene rings is 2. The van der Waals surface area contributed by atoms with Crippen molar-refractivity contribution in [2.24, 2.45) is 0 Å². The fourth-order valence-electron chi connectivity index (χ4n) is 2.20. The molecule has 0 aromatic heterocycles. The van der Waals surface area contributed by atoms with Gasteiger partial charge in [-0.1, -0.05) is 24.6 Å². The van der Waals surface area contributed by atoms with Gasteiger partial charge in [0.25, 0.3) is 0 Å². The Hall–Kier alpha value is -1.71. The maximum atomic E-state index is 6.16. The molecule has 0 aliphatic heterocycles. The van der Waals surface area contributed by atoms with E-state index < -0.39 is 0 Å². The molecule has 0 spiro atoms. The maximum Gasteiger partial charge on any atom is 0.119 e. The third-order valence-electron chi connectivity index (χ3n) is 3.43. The Balaban J connectivity index is 2.31. The van der Waals surface area contributed by atoms with Gasteiger partial charge in [-0.3, -0.25) is 0 Å². The quantitative estimate of drug-likeness (QED) is 0.864. The van der Waals surface area contributed by atoms with Gasteiger partial charge in [0.15, 0.2) is 0 Å². The molecule has 0 amide bonds. The summed E-state index contributed by atoms with van der Waals surface area (Å²) in [5, 5.41) is 4.10. The van der Waals surface area contributed by atoms with Gasteiger partial charge in [-0.25, -0.2) is 0 Å².